The van der Waals surface area contributed by atoms with E-state index in [4.69, 9.17) is 31.4 Å². The molecule has 0 spiro atoms. The molecule has 1 aromatic carbocycles. The lowest BCUT2D eigenvalue weighted by Gasteiger charge is -2.32. The minimum Gasteiger partial charge on any atom is -0.493 e. The molecule has 1 aromatic rings. The Morgan fingerprint density at radius 2 is 1.69 bits per heavy atom. The lowest BCUT2D eigenvalue weighted by molar-refractivity contribution is -0.126. The molecule has 0 saturated heterocycles. The Bertz CT molecular complexity index is 891. The predicted molar refractivity (Wildman–Crippen MR) is 154 cm³/mol. The average molecular weight is 552 g/mol. The molecule has 7 N–H and O–H groups in total. The molecule has 0 aliphatic rings. The number of carbonyl (C=O) groups excluding carboxylic acids is 2. The van der Waals surface area contributed by atoms with E-state index in [1.54, 1.807) is 14.2 Å². The summed E-state index contributed by atoms with van der Waals surface area (Å²) in [7, 11) is 3.27. The first kappa shape index (κ1) is 34.7. The van der Waals surface area contributed by atoms with Crippen LogP contribution in [0.5, 0.6) is 11.5 Å². The maximum absolute atomic E-state index is 11.9. The van der Waals surface area contributed by atoms with Crippen LogP contribution in [0.15, 0.2) is 18.2 Å². The predicted octanol–water partition coefficient (Wildman–Crippen LogP) is 3.42. The molecule has 0 aromatic heterocycles. The van der Waals surface area contributed by atoms with Crippen molar-refractivity contribution in [3.05, 3.63) is 23.8 Å². The monoisotopic (exact) mass is 551 g/mol. The number of amides is 2. The second kappa shape index (κ2) is 16.7. The third-order valence-electron chi connectivity index (χ3n) is 7.91. The number of aliphatic hydroxyl groups excluding tert-OH is 1. The standard InChI is InChI=1S/C30H53N3O6/c1-19(2)23(28(32)35)18-25(34)24(31)17-22(20(3)11-12-30(4,5)29(33)36)15-21-9-10-26(38-7)27(16-21)39-14-8-13-37-6/h9-10,16,19-20,22-25,34H,8,11-15,17-18,31H2,1-7H3,(H2,32,35)(H2,33,36)/t20?,22-,23-,24-,25-/m0/s1. The number of nitrogens with two attached hydrogens (primary N) is 3. The van der Waals surface area contributed by atoms with E-state index in [0.717, 1.165) is 18.4 Å². The number of methoxy groups -OCH3 is 2. The Morgan fingerprint density at radius 3 is 2.23 bits per heavy atom. The van der Waals surface area contributed by atoms with Crippen LogP contribution in [-0.4, -0.2) is 56.5 Å². The lowest BCUT2D eigenvalue weighted by atomic mass is 9.76. The van der Waals surface area contributed by atoms with Crippen molar-refractivity contribution >= 4 is 11.8 Å². The minimum absolute atomic E-state index is 0.0108. The van der Waals surface area contributed by atoms with Crippen molar-refractivity contribution in [2.24, 2.45) is 46.3 Å². The van der Waals surface area contributed by atoms with Gasteiger partial charge in [0.25, 0.3) is 0 Å². The summed E-state index contributed by atoms with van der Waals surface area (Å²) >= 11 is 0. The van der Waals surface area contributed by atoms with Gasteiger partial charge < -0.3 is 36.5 Å². The molecule has 0 radical (unpaired) electrons. The number of aliphatic hydroxyl groups is 1. The van der Waals surface area contributed by atoms with E-state index < -0.39 is 29.4 Å². The van der Waals surface area contributed by atoms with Crippen molar-refractivity contribution in [1.29, 1.82) is 0 Å². The molecule has 224 valence electrons. The molecule has 39 heavy (non-hydrogen) atoms. The Hall–Kier alpha value is -2.36. The maximum Gasteiger partial charge on any atom is 0.223 e. The number of hydrogen-bond acceptors (Lipinski definition) is 7. The topological polar surface area (TPSA) is 160 Å². The molecular weight excluding hydrogens is 498 g/mol. The highest BCUT2D eigenvalue weighted by Gasteiger charge is 2.31. The van der Waals surface area contributed by atoms with Crippen molar-refractivity contribution in [2.75, 3.05) is 27.4 Å². The average Bonchev–Trinajstić information content (AvgIpc) is 2.87. The second-order valence-electron chi connectivity index (χ2n) is 11.9. The molecule has 1 unspecified atom stereocenters. The van der Waals surface area contributed by atoms with Gasteiger partial charge in [-0.05, 0) is 67.6 Å². The molecule has 0 aliphatic heterocycles. The number of carbonyl (C=O) groups is 2. The molecule has 0 heterocycles. The van der Waals surface area contributed by atoms with E-state index >= 15 is 0 Å². The number of hydrogen-bond donors (Lipinski definition) is 4. The van der Waals surface area contributed by atoms with Gasteiger partial charge in [-0.15, -0.1) is 0 Å². The van der Waals surface area contributed by atoms with Crippen LogP contribution in [0.3, 0.4) is 0 Å². The van der Waals surface area contributed by atoms with E-state index in [0.29, 0.717) is 44.0 Å². The van der Waals surface area contributed by atoms with E-state index in [-0.39, 0.29) is 30.1 Å². The summed E-state index contributed by atoms with van der Waals surface area (Å²) in [5.41, 5.74) is 18.2. The number of ether oxygens (including phenoxy) is 3. The van der Waals surface area contributed by atoms with E-state index in [2.05, 4.69) is 6.92 Å². The first-order chi connectivity index (χ1) is 18.2. The number of rotatable bonds is 20. The summed E-state index contributed by atoms with van der Waals surface area (Å²) in [5, 5.41) is 10.9. The van der Waals surface area contributed by atoms with Gasteiger partial charge in [0.05, 0.1) is 19.8 Å². The molecule has 0 bridgehead atoms. The molecule has 0 saturated carbocycles. The zero-order valence-electron chi connectivity index (χ0n) is 25.1. The van der Waals surface area contributed by atoms with E-state index in [9.17, 15) is 14.7 Å². The van der Waals surface area contributed by atoms with Crippen molar-refractivity contribution in [1.82, 2.24) is 0 Å². The minimum atomic E-state index is -0.864. The zero-order chi connectivity index (χ0) is 29.8. The molecule has 9 heteroatoms. The van der Waals surface area contributed by atoms with Gasteiger partial charge in [0.2, 0.25) is 11.8 Å². The molecule has 1 rings (SSSR count). The summed E-state index contributed by atoms with van der Waals surface area (Å²) < 4.78 is 16.6. The van der Waals surface area contributed by atoms with Gasteiger partial charge in [-0.3, -0.25) is 9.59 Å². The van der Waals surface area contributed by atoms with Crippen LogP contribution in [0.4, 0.5) is 0 Å². The van der Waals surface area contributed by atoms with Crippen LogP contribution in [0, 0.1) is 29.1 Å². The van der Waals surface area contributed by atoms with Gasteiger partial charge in [-0.2, -0.15) is 0 Å². The van der Waals surface area contributed by atoms with Gasteiger partial charge >= 0.3 is 0 Å². The lowest BCUT2D eigenvalue weighted by Crippen LogP contribution is -2.42. The Labute approximate surface area is 235 Å². The molecule has 0 fully saturated rings. The summed E-state index contributed by atoms with van der Waals surface area (Å²) in [6, 6.07) is 5.36. The molecular formula is C30H53N3O6. The summed E-state index contributed by atoms with van der Waals surface area (Å²) in [5.74, 6) is 0.418. The number of benzene rings is 1. The molecule has 0 aliphatic carbocycles. The summed E-state index contributed by atoms with van der Waals surface area (Å²) in [6.45, 7) is 10.8. The van der Waals surface area contributed by atoms with Crippen molar-refractivity contribution in [2.45, 2.75) is 85.3 Å². The SMILES string of the molecule is COCCCOc1cc(C[C@@H](C[C@H](N)[C@@H](O)C[C@H](C(N)=O)C(C)C)C(C)CCC(C)(C)C(N)=O)ccc1OC. The Balaban J connectivity index is 3.14. The smallest absolute Gasteiger partial charge is 0.223 e. The largest absolute Gasteiger partial charge is 0.493 e. The van der Waals surface area contributed by atoms with Crippen molar-refractivity contribution in [3.8, 4) is 11.5 Å². The van der Waals surface area contributed by atoms with Crippen LogP contribution in [-0.2, 0) is 20.7 Å². The molecule has 5 atom stereocenters. The zero-order valence-corrected chi connectivity index (χ0v) is 25.1. The van der Waals surface area contributed by atoms with E-state index in [1.807, 2.05) is 45.9 Å². The van der Waals surface area contributed by atoms with Gasteiger partial charge in [-0.1, -0.05) is 40.7 Å². The first-order valence-electron chi connectivity index (χ1n) is 14.0. The normalized spacial score (nSPS) is 15.8. The quantitative estimate of drug-likeness (QED) is 0.181. The van der Waals surface area contributed by atoms with Crippen LogP contribution in [0.1, 0.15) is 72.3 Å². The summed E-state index contributed by atoms with van der Waals surface area (Å²) in [4.78, 5) is 23.8. The third kappa shape index (κ3) is 11.7. The van der Waals surface area contributed by atoms with Crippen molar-refractivity contribution in [3.63, 3.8) is 0 Å². The van der Waals surface area contributed by atoms with E-state index in [1.165, 1.54) is 0 Å². The van der Waals surface area contributed by atoms with Crippen LogP contribution in [0.25, 0.3) is 0 Å². The Kier molecular flexibility index (Phi) is 14.8. The fraction of sp³-hybridized carbons (Fsp3) is 0.733. The van der Waals surface area contributed by atoms with Gasteiger partial charge in [0.15, 0.2) is 11.5 Å². The van der Waals surface area contributed by atoms with Gasteiger partial charge in [0.1, 0.15) is 0 Å². The third-order valence-corrected chi connectivity index (χ3v) is 7.91. The first-order valence-corrected chi connectivity index (χ1v) is 14.0. The van der Waals surface area contributed by atoms with Crippen molar-refractivity contribution < 1.29 is 28.9 Å². The second-order valence-corrected chi connectivity index (χ2v) is 11.9. The molecule has 9 nitrogen and oxygen atoms in total. The van der Waals surface area contributed by atoms with Gasteiger partial charge in [0, 0.05) is 37.5 Å². The van der Waals surface area contributed by atoms with Crippen LogP contribution < -0.4 is 26.7 Å². The van der Waals surface area contributed by atoms with Gasteiger partial charge in [-0.25, -0.2) is 0 Å². The maximum atomic E-state index is 11.9. The highest BCUT2D eigenvalue weighted by atomic mass is 16.5. The fourth-order valence-electron chi connectivity index (χ4n) is 4.77. The van der Waals surface area contributed by atoms with Crippen LogP contribution >= 0.6 is 0 Å². The number of primary amides is 2. The fourth-order valence-corrected chi connectivity index (χ4v) is 4.77. The highest BCUT2D eigenvalue weighted by Crippen LogP contribution is 2.34. The Morgan fingerprint density at radius 1 is 1.03 bits per heavy atom. The van der Waals surface area contributed by atoms with Crippen LogP contribution in [0.2, 0.25) is 0 Å². The summed E-state index contributed by atoms with van der Waals surface area (Å²) in [6.07, 6.45) is 2.78. The highest BCUT2D eigenvalue weighted by molar-refractivity contribution is 5.79. The molecule has 2 amide bonds.